The molecule has 0 aromatic rings. The first-order chi connectivity index (χ1) is 8.29. The van der Waals surface area contributed by atoms with Gasteiger partial charge in [-0.15, -0.1) is 0 Å². The molecule has 2 aliphatic rings. The molecule has 3 unspecified atom stereocenters. The predicted molar refractivity (Wildman–Crippen MR) is 75.5 cm³/mol. The second-order valence-electron chi connectivity index (χ2n) is 6.93. The van der Waals surface area contributed by atoms with Crippen molar-refractivity contribution in [2.45, 2.75) is 45.3 Å². The van der Waals surface area contributed by atoms with Crippen molar-refractivity contribution in [2.75, 3.05) is 26.7 Å². The second-order valence-corrected chi connectivity index (χ2v) is 6.93. The van der Waals surface area contributed by atoms with Crippen LogP contribution in [0, 0.1) is 11.3 Å². The van der Waals surface area contributed by atoms with Crippen LogP contribution in [0.1, 0.15) is 33.6 Å². The Balaban J connectivity index is 2.07. The van der Waals surface area contributed by atoms with Crippen molar-refractivity contribution in [1.82, 2.24) is 4.90 Å². The third-order valence-electron chi connectivity index (χ3n) is 4.97. The smallest absolute Gasteiger partial charge is 0.0690 e. The quantitative estimate of drug-likeness (QED) is 0.778. The van der Waals surface area contributed by atoms with Crippen LogP contribution in [-0.2, 0) is 4.74 Å². The van der Waals surface area contributed by atoms with E-state index in [0.29, 0.717) is 12.0 Å². The SMILES string of the molecule is C=C(C)CN(C)CC1(N)C2CCCOC2C1(C)C. The number of hydrogen-bond acceptors (Lipinski definition) is 3. The summed E-state index contributed by atoms with van der Waals surface area (Å²) >= 11 is 0. The number of fused-ring (bicyclic) bond motifs is 1. The van der Waals surface area contributed by atoms with Crippen LogP contribution in [0.15, 0.2) is 12.2 Å². The number of nitrogens with two attached hydrogens (primary N) is 1. The van der Waals surface area contributed by atoms with Gasteiger partial charge >= 0.3 is 0 Å². The Kier molecular flexibility index (Phi) is 3.60. The molecule has 2 N–H and O–H groups in total. The van der Waals surface area contributed by atoms with Crippen LogP contribution in [-0.4, -0.2) is 43.3 Å². The highest BCUT2D eigenvalue weighted by Crippen LogP contribution is 2.57. The van der Waals surface area contributed by atoms with E-state index in [-0.39, 0.29) is 11.0 Å². The molecule has 0 spiro atoms. The van der Waals surface area contributed by atoms with Gasteiger partial charge in [-0.25, -0.2) is 0 Å². The fourth-order valence-corrected chi connectivity index (χ4v) is 3.95. The highest BCUT2D eigenvalue weighted by molar-refractivity contribution is 5.21. The molecule has 0 bridgehead atoms. The molecule has 1 aliphatic carbocycles. The van der Waals surface area contributed by atoms with Crippen molar-refractivity contribution in [3.8, 4) is 0 Å². The van der Waals surface area contributed by atoms with E-state index in [2.05, 4.69) is 39.3 Å². The lowest BCUT2D eigenvalue weighted by molar-refractivity contribution is -0.231. The van der Waals surface area contributed by atoms with E-state index in [9.17, 15) is 0 Å². The minimum absolute atomic E-state index is 0.0709. The Morgan fingerprint density at radius 2 is 2.17 bits per heavy atom. The Bertz CT molecular complexity index is 339. The third kappa shape index (κ3) is 2.02. The van der Waals surface area contributed by atoms with Gasteiger partial charge in [0.05, 0.1) is 6.10 Å². The summed E-state index contributed by atoms with van der Waals surface area (Å²) in [6.45, 7) is 13.3. The molecular formula is C15H28N2O. The van der Waals surface area contributed by atoms with Crippen LogP contribution in [0.5, 0.6) is 0 Å². The molecule has 1 saturated carbocycles. The summed E-state index contributed by atoms with van der Waals surface area (Å²) in [5.74, 6) is 0.522. The lowest BCUT2D eigenvalue weighted by Crippen LogP contribution is -2.80. The van der Waals surface area contributed by atoms with E-state index in [0.717, 1.165) is 26.1 Å². The normalized spacial score (nSPS) is 38.1. The van der Waals surface area contributed by atoms with Gasteiger partial charge in [-0.2, -0.15) is 0 Å². The van der Waals surface area contributed by atoms with Crippen LogP contribution >= 0.6 is 0 Å². The van der Waals surface area contributed by atoms with E-state index in [1.807, 2.05) is 0 Å². The number of hydrogen-bond donors (Lipinski definition) is 1. The first-order valence-corrected chi connectivity index (χ1v) is 7.02. The maximum Gasteiger partial charge on any atom is 0.0690 e. The molecule has 2 rings (SSSR count). The van der Waals surface area contributed by atoms with E-state index in [4.69, 9.17) is 10.5 Å². The highest BCUT2D eigenvalue weighted by atomic mass is 16.5. The van der Waals surface area contributed by atoms with Crippen molar-refractivity contribution in [2.24, 2.45) is 17.1 Å². The van der Waals surface area contributed by atoms with Crippen LogP contribution in [0.25, 0.3) is 0 Å². The van der Waals surface area contributed by atoms with Crippen LogP contribution in [0.3, 0.4) is 0 Å². The van der Waals surface area contributed by atoms with Gasteiger partial charge in [0.15, 0.2) is 0 Å². The lowest BCUT2D eigenvalue weighted by Gasteiger charge is -2.67. The largest absolute Gasteiger partial charge is 0.377 e. The van der Waals surface area contributed by atoms with Gasteiger partial charge in [-0.05, 0) is 26.8 Å². The Hall–Kier alpha value is -0.380. The summed E-state index contributed by atoms with van der Waals surface area (Å²) in [4.78, 5) is 2.30. The fourth-order valence-electron chi connectivity index (χ4n) is 3.95. The van der Waals surface area contributed by atoms with Gasteiger partial charge in [0, 0.05) is 36.6 Å². The second kappa shape index (κ2) is 4.62. The number of nitrogens with zero attached hydrogens (tertiary/aromatic N) is 1. The molecule has 1 saturated heterocycles. The minimum atomic E-state index is -0.123. The van der Waals surface area contributed by atoms with Gasteiger partial charge in [-0.3, -0.25) is 0 Å². The summed E-state index contributed by atoms with van der Waals surface area (Å²) in [7, 11) is 2.14. The molecule has 0 aromatic heterocycles. The topological polar surface area (TPSA) is 38.5 Å². The van der Waals surface area contributed by atoms with Crippen molar-refractivity contribution >= 4 is 0 Å². The average Bonchev–Trinajstić information content (AvgIpc) is 2.27. The maximum atomic E-state index is 6.76. The summed E-state index contributed by atoms with van der Waals surface area (Å²) in [5.41, 5.74) is 7.90. The molecule has 0 aromatic carbocycles. The van der Waals surface area contributed by atoms with Gasteiger partial charge < -0.3 is 15.4 Å². The first kappa shape index (κ1) is 14.0. The number of ether oxygens (including phenoxy) is 1. The molecule has 0 amide bonds. The molecule has 18 heavy (non-hydrogen) atoms. The standard InChI is InChI=1S/C15H28N2O/c1-11(2)9-17(5)10-15(16)12-7-6-8-18-13(12)14(15,3)4/h12-13H,1,6-10,16H2,2-5H3. The summed E-state index contributed by atoms with van der Waals surface area (Å²) in [6, 6.07) is 0. The zero-order chi connectivity index (χ0) is 13.6. The van der Waals surface area contributed by atoms with Crippen LogP contribution in [0.2, 0.25) is 0 Å². The molecule has 1 heterocycles. The van der Waals surface area contributed by atoms with Crippen LogP contribution in [0.4, 0.5) is 0 Å². The Morgan fingerprint density at radius 3 is 2.78 bits per heavy atom. The maximum absolute atomic E-state index is 6.76. The van der Waals surface area contributed by atoms with E-state index < -0.39 is 0 Å². The van der Waals surface area contributed by atoms with Crippen molar-refractivity contribution in [3.05, 3.63) is 12.2 Å². The average molecular weight is 252 g/mol. The fraction of sp³-hybridized carbons (Fsp3) is 0.867. The van der Waals surface area contributed by atoms with Gasteiger partial charge in [0.25, 0.3) is 0 Å². The molecule has 2 fully saturated rings. The van der Waals surface area contributed by atoms with Gasteiger partial charge in [-0.1, -0.05) is 26.0 Å². The monoisotopic (exact) mass is 252 g/mol. The molecule has 3 heteroatoms. The molecular weight excluding hydrogens is 224 g/mol. The van der Waals surface area contributed by atoms with Crippen LogP contribution < -0.4 is 5.73 Å². The molecule has 0 radical (unpaired) electrons. The van der Waals surface area contributed by atoms with E-state index in [1.54, 1.807) is 0 Å². The molecule has 3 atom stereocenters. The predicted octanol–water partition coefficient (Wildman–Crippen LogP) is 2.03. The molecule has 1 aliphatic heterocycles. The molecule has 104 valence electrons. The Labute approximate surface area is 111 Å². The van der Waals surface area contributed by atoms with Crippen molar-refractivity contribution in [1.29, 1.82) is 0 Å². The van der Waals surface area contributed by atoms with Gasteiger partial charge in [0.2, 0.25) is 0 Å². The Morgan fingerprint density at radius 1 is 1.50 bits per heavy atom. The highest BCUT2D eigenvalue weighted by Gasteiger charge is 2.66. The zero-order valence-corrected chi connectivity index (χ0v) is 12.3. The minimum Gasteiger partial charge on any atom is -0.377 e. The number of rotatable bonds is 4. The summed E-state index contributed by atoms with van der Waals surface area (Å²) in [5, 5.41) is 0. The number of likely N-dealkylation sites (N-methyl/N-ethyl adjacent to an activating group) is 1. The first-order valence-electron chi connectivity index (χ1n) is 7.02. The summed E-state index contributed by atoms with van der Waals surface area (Å²) < 4.78 is 5.93. The van der Waals surface area contributed by atoms with Crippen molar-refractivity contribution < 1.29 is 4.74 Å². The van der Waals surface area contributed by atoms with E-state index >= 15 is 0 Å². The van der Waals surface area contributed by atoms with Crippen molar-refractivity contribution in [3.63, 3.8) is 0 Å². The zero-order valence-electron chi connectivity index (χ0n) is 12.3. The summed E-state index contributed by atoms with van der Waals surface area (Å²) in [6.07, 6.45) is 2.72. The third-order valence-corrected chi connectivity index (χ3v) is 4.97. The molecule has 3 nitrogen and oxygen atoms in total. The van der Waals surface area contributed by atoms with Gasteiger partial charge in [0.1, 0.15) is 0 Å². The van der Waals surface area contributed by atoms with E-state index in [1.165, 1.54) is 12.0 Å². The lowest BCUT2D eigenvalue weighted by atomic mass is 9.46.